The van der Waals surface area contributed by atoms with E-state index in [-0.39, 0.29) is 11.2 Å². The van der Waals surface area contributed by atoms with Gasteiger partial charge in [-0.3, -0.25) is 0 Å². The summed E-state index contributed by atoms with van der Waals surface area (Å²) < 4.78 is 41.1. The molecule has 1 saturated carbocycles. The zero-order valence-corrected chi connectivity index (χ0v) is 11.2. The van der Waals surface area contributed by atoms with Crippen LogP contribution in [0.3, 0.4) is 0 Å². The molecule has 0 unspecified atom stereocenters. The maximum Gasteiger partial charge on any atom is 0.573 e. The van der Waals surface area contributed by atoms with Gasteiger partial charge < -0.3 is 10.1 Å². The molecule has 3 rings (SSSR count). The predicted octanol–water partition coefficient (Wildman–Crippen LogP) is 4.60. The third-order valence-corrected chi connectivity index (χ3v) is 4.47. The van der Waals surface area contributed by atoms with Crippen LogP contribution in [0.1, 0.15) is 44.1 Å². The molecule has 20 heavy (non-hydrogen) atoms. The first-order valence-electron chi connectivity index (χ1n) is 7.13. The van der Waals surface area contributed by atoms with Crippen LogP contribution in [0.2, 0.25) is 0 Å². The Hall–Kier alpha value is -1.39. The van der Waals surface area contributed by atoms with Crippen LogP contribution in [0.25, 0.3) is 0 Å². The molecule has 1 aromatic carbocycles. The maximum absolute atomic E-state index is 12.4. The number of ether oxygens (including phenoxy) is 1. The van der Waals surface area contributed by atoms with Crippen LogP contribution in [-0.2, 0) is 5.41 Å². The number of benzene rings is 1. The fraction of sp³-hybridized carbons (Fsp3) is 0.600. The minimum atomic E-state index is -4.63. The topological polar surface area (TPSA) is 21.3 Å². The lowest BCUT2D eigenvalue weighted by molar-refractivity contribution is -0.274. The highest BCUT2D eigenvalue weighted by Gasteiger charge is 2.40. The lowest BCUT2D eigenvalue weighted by Gasteiger charge is -2.28. The summed E-state index contributed by atoms with van der Waals surface area (Å²) in [5.41, 5.74) is 1.96. The van der Waals surface area contributed by atoms with E-state index in [1.165, 1.54) is 18.9 Å². The van der Waals surface area contributed by atoms with E-state index in [2.05, 4.69) is 10.1 Å². The number of hydrogen-bond donors (Lipinski definition) is 1. The van der Waals surface area contributed by atoms with Crippen LogP contribution in [0.15, 0.2) is 18.2 Å². The van der Waals surface area contributed by atoms with E-state index in [1.807, 2.05) is 0 Å². The summed E-state index contributed by atoms with van der Waals surface area (Å²) >= 11 is 0. The smallest absolute Gasteiger partial charge is 0.406 e. The first kappa shape index (κ1) is 13.6. The lowest BCUT2D eigenvalue weighted by atomic mass is 9.76. The van der Waals surface area contributed by atoms with Crippen molar-refractivity contribution < 1.29 is 17.9 Å². The largest absolute Gasteiger partial charge is 0.573 e. The standard InChI is InChI=1S/C15H18F3NO/c16-15(17,18)20-11-5-6-13-12(9-11)14(10-19-13)7-3-1-2-4-8-14/h5-6,9,19H,1-4,7-8,10H2. The van der Waals surface area contributed by atoms with Crippen molar-refractivity contribution in [1.82, 2.24) is 0 Å². The molecule has 0 radical (unpaired) electrons. The van der Waals surface area contributed by atoms with Crippen LogP contribution in [-0.4, -0.2) is 12.9 Å². The molecule has 1 N–H and O–H groups in total. The predicted molar refractivity (Wildman–Crippen MR) is 71.0 cm³/mol. The Bertz CT molecular complexity index is 490. The normalized spacial score (nSPS) is 21.1. The molecule has 2 nitrogen and oxygen atoms in total. The minimum absolute atomic E-state index is 0.00317. The van der Waals surface area contributed by atoms with Gasteiger partial charge in [0.2, 0.25) is 0 Å². The molecule has 1 spiro atoms. The van der Waals surface area contributed by atoms with E-state index >= 15 is 0 Å². The monoisotopic (exact) mass is 285 g/mol. The highest BCUT2D eigenvalue weighted by molar-refractivity contribution is 5.62. The van der Waals surface area contributed by atoms with Crippen molar-refractivity contribution in [1.29, 1.82) is 0 Å². The molecule has 0 bridgehead atoms. The zero-order valence-electron chi connectivity index (χ0n) is 11.2. The van der Waals surface area contributed by atoms with Gasteiger partial charge in [0.25, 0.3) is 0 Å². The average Bonchev–Trinajstić information content (AvgIpc) is 2.57. The van der Waals surface area contributed by atoms with Gasteiger partial charge in [0, 0.05) is 17.6 Å². The Morgan fingerprint density at radius 2 is 1.75 bits per heavy atom. The van der Waals surface area contributed by atoms with E-state index in [9.17, 15) is 13.2 Å². The third-order valence-electron chi connectivity index (χ3n) is 4.47. The van der Waals surface area contributed by atoms with Gasteiger partial charge in [0.05, 0.1) is 0 Å². The molecule has 1 heterocycles. The van der Waals surface area contributed by atoms with Gasteiger partial charge in [-0.05, 0) is 36.6 Å². The number of nitrogens with one attached hydrogen (secondary N) is 1. The zero-order chi connectivity index (χ0) is 14.2. The Morgan fingerprint density at radius 1 is 1.05 bits per heavy atom. The van der Waals surface area contributed by atoms with Crippen LogP contribution < -0.4 is 10.1 Å². The van der Waals surface area contributed by atoms with E-state index in [0.717, 1.165) is 43.5 Å². The van der Waals surface area contributed by atoms with Gasteiger partial charge in [0.1, 0.15) is 5.75 Å². The van der Waals surface area contributed by atoms with Crippen LogP contribution in [0.5, 0.6) is 5.75 Å². The lowest BCUT2D eigenvalue weighted by Crippen LogP contribution is -2.27. The van der Waals surface area contributed by atoms with Crippen molar-refractivity contribution in [3.63, 3.8) is 0 Å². The molecule has 0 amide bonds. The average molecular weight is 285 g/mol. The second kappa shape index (κ2) is 4.86. The van der Waals surface area contributed by atoms with Gasteiger partial charge in [-0.2, -0.15) is 0 Å². The van der Waals surface area contributed by atoms with Crippen LogP contribution >= 0.6 is 0 Å². The maximum atomic E-state index is 12.4. The second-order valence-corrected chi connectivity index (χ2v) is 5.80. The first-order chi connectivity index (χ1) is 9.49. The van der Waals surface area contributed by atoms with Gasteiger partial charge in [0.15, 0.2) is 0 Å². The SMILES string of the molecule is FC(F)(F)Oc1ccc2c(c1)C1(CCCCCC1)CN2. The van der Waals surface area contributed by atoms with Gasteiger partial charge in [-0.25, -0.2) is 0 Å². The number of hydrogen-bond acceptors (Lipinski definition) is 2. The fourth-order valence-corrected chi connectivity index (χ4v) is 3.52. The highest BCUT2D eigenvalue weighted by atomic mass is 19.4. The summed E-state index contributed by atoms with van der Waals surface area (Å²) in [4.78, 5) is 0. The van der Waals surface area contributed by atoms with Crippen molar-refractivity contribution in [2.75, 3.05) is 11.9 Å². The Morgan fingerprint density at radius 3 is 2.40 bits per heavy atom. The molecular formula is C15H18F3NO. The molecule has 0 aromatic heterocycles. The molecule has 1 aromatic rings. The highest BCUT2D eigenvalue weighted by Crippen LogP contribution is 2.47. The molecule has 110 valence electrons. The van der Waals surface area contributed by atoms with E-state index < -0.39 is 6.36 Å². The third kappa shape index (κ3) is 2.58. The van der Waals surface area contributed by atoms with Gasteiger partial charge in [-0.15, -0.1) is 13.2 Å². The quantitative estimate of drug-likeness (QED) is 0.814. The Balaban J connectivity index is 1.92. The first-order valence-corrected chi connectivity index (χ1v) is 7.13. The summed E-state index contributed by atoms with van der Waals surface area (Å²) in [6.07, 6.45) is 2.18. The molecular weight excluding hydrogens is 267 g/mol. The van der Waals surface area contributed by atoms with E-state index in [1.54, 1.807) is 12.1 Å². The summed E-state index contributed by atoms with van der Waals surface area (Å²) in [6, 6.07) is 4.67. The van der Waals surface area contributed by atoms with Crippen molar-refractivity contribution in [3.05, 3.63) is 23.8 Å². The number of rotatable bonds is 1. The molecule has 1 fully saturated rings. The van der Waals surface area contributed by atoms with E-state index in [4.69, 9.17) is 0 Å². The molecule has 0 saturated heterocycles. The minimum Gasteiger partial charge on any atom is -0.406 e. The van der Waals surface area contributed by atoms with E-state index in [0.29, 0.717) is 0 Å². The van der Waals surface area contributed by atoms with Crippen molar-refractivity contribution in [2.45, 2.75) is 50.3 Å². The van der Waals surface area contributed by atoms with Crippen LogP contribution in [0.4, 0.5) is 18.9 Å². The molecule has 5 heteroatoms. The number of fused-ring (bicyclic) bond motifs is 2. The molecule has 1 aliphatic heterocycles. The second-order valence-electron chi connectivity index (χ2n) is 5.80. The van der Waals surface area contributed by atoms with Crippen molar-refractivity contribution in [3.8, 4) is 5.75 Å². The number of alkyl halides is 3. The molecule has 0 atom stereocenters. The Kier molecular flexibility index (Phi) is 3.30. The Labute approximate surface area is 116 Å². The molecule has 2 aliphatic rings. The van der Waals surface area contributed by atoms with Crippen LogP contribution in [0, 0.1) is 0 Å². The van der Waals surface area contributed by atoms with Crippen molar-refractivity contribution >= 4 is 5.69 Å². The number of anilines is 1. The van der Waals surface area contributed by atoms with Gasteiger partial charge >= 0.3 is 6.36 Å². The number of halogens is 3. The summed E-state index contributed by atoms with van der Waals surface area (Å²) in [6.45, 7) is 0.831. The fourth-order valence-electron chi connectivity index (χ4n) is 3.52. The molecule has 1 aliphatic carbocycles. The van der Waals surface area contributed by atoms with Gasteiger partial charge in [-0.1, -0.05) is 25.7 Å². The summed E-state index contributed by atoms with van der Waals surface area (Å²) in [7, 11) is 0. The van der Waals surface area contributed by atoms with Crippen molar-refractivity contribution in [2.24, 2.45) is 0 Å². The summed E-state index contributed by atoms with van der Waals surface area (Å²) in [5.74, 6) is -0.108. The summed E-state index contributed by atoms with van der Waals surface area (Å²) in [5, 5.41) is 3.34.